The number of H-pyrrole nitrogens is 1. The Balaban J connectivity index is 0.00000242. The predicted molar refractivity (Wildman–Crippen MR) is 89.3 cm³/mol. The van der Waals surface area contributed by atoms with Gasteiger partial charge >= 0.3 is 5.69 Å². The Bertz CT molecular complexity index is 643. The van der Waals surface area contributed by atoms with Crippen LogP contribution in [0.2, 0.25) is 0 Å². The molecule has 0 saturated carbocycles. The zero-order valence-corrected chi connectivity index (χ0v) is 14.7. The van der Waals surface area contributed by atoms with E-state index in [0.29, 0.717) is 6.54 Å². The molecule has 9 heteroatoms. The summed E-state index contributed by atoms with van der Waals surface area (Å²) < 4.78 is 1.41. The van der Waals surface area contributed by atoms with Gasteiger partial charge in [-0.25, -0.2) is 4.79 Å². The summed E-state index contributed by atoms with van der Waals surface area (Å²) >= 11 is 3.05. The van der Waals surface area contributed by atoms with Gasteiger partial charge in [-0.2, -0.15) is 0 Å². The third kappa shape index (κ3) is 4.21. The van der Waals surface area contributed by atoms with Crippen molar-refractivity contribution in [1.82, 2.24) is 14.5 Å². The van der Waals surface area contributed by atoms with E-state index in [1.54, 1.807) is 4.90 Å². The molecule has 22 heavy (non-hydrogen) atoms. The van der Waals surface area contributed by atoms with Gasteiger partial charge in [-0.1, -0.05) is 0 Å². The molecule has 1 aliphatic rings. The normalized spacial score (nSPS) is 19.4. The summed E-state index contributed by atoms with van der Waals surface area (Å²) in [6, 6.07) is -0.0959. The number of hydrogen-bond acceptors (Lipinski definition) is 4. The number of rotatable bonds is 3. The van der Waals surface area contributed by atoms with Crippen LogP contribution in [-0.4, -0.2) is 39.0 Å². The van der Waals surface area contributed by atoms with Gasteiger partial charge in [-0.15, -0.1) is 12.4 Å². The molecule has 1 aromatic heterocycles. The Morgan fingerprint density at radius 2 is 2.18 bits per heavy atom. The van der Waals surface area contributed by atoms with E-state index in [1.807, 2.05) is 6.92 Å². The third-order valence-electron chi connectivity index (χ3n) is 3.75. The molecule has 2 atom stereocenters. The number of aromatic nitrogens is 2. The van der Waals surface area contributed by atoms with Gasteiger partial charge in [0, 0.05) is 24.8 Å². The summed E-state index contributed by atoms with van der Waals surface area (Å²) in [4.78, 5) is 39.4. The molecule has 0 aromatic carbocycles. The van der Waals surface area contributed by atoms with Crippen molar-refractivity contribution in [3.63, 3.8) is 0 Å². The number of amides is 1. The molecule has 0 radical (unpaired) electrons. The van der Waals surface area contributed by atoms with Gasteiger partial charge in [0.1, 0.15) is 6.54 Å². The summed E-state index contributed by atoms with van der Waals surface area (Å²) in [5.41, 5.74) is 4.85. The summed E-state index contributed by atoms with van der Waals surface area (Å²) in [7, 11) is 0. The Hall–Kier alpha value is -1.12. The lowest BCUT2D eigenvalue weighted by molar-refractivity contribution is -0.136. The van der Waals surface area contributed by atoms with Gasteiger partial charge < -0.3 is 10.6 Å². The van der Waals surface area contributed by atoms with Gasteiger partial charge in [-0.3, -0.25) is 19.1 Å². The summed E-state index contributed by atoms with van der Waals surface area (Å²) in [5, 5.41) is 0. The van der Waals surface area contributed by atoms with E-state index in [2.05, 4.69) is 20.9 Å². The minimum atomic E-state index is -0.592. The van der Waals surface area contributed by atoms with Crippen molar-refractivity contribution in [1.29, 1.82) is 0 Å². The average Bonchev–Trinajstić information content (AvgIpc) is 2.44. The first-order chi connectivity index (χ1) is 9.90. The number of likely N-dealkylation sites (tertiary alicyclic amines) is 1. The Kier molecular flexibility index (Phi) is 6.83. The van der Waals surface area contributed by atoms with E-state index in [9.17, 15) is 14.4 Å². The number of piperidine rings is 1. The van der Waals surface area contributed by atoms with E-state index in [0.717, 1.165) is 19.3 Å². The number of nitrogens with one attached hydrogen (secondary N) is 1. The molecule has 2 heterocycles. The molecule has 1 saturated heterocycles. The molecular formula is C13H20BrClN4O3. The fourth-order valence-corrected chi connectivity index (χ4v) is 3.00. The number of nitrogens with zero attached hydrogens (tertiary/aromatic N) is 2. The van der Waals surface area contributed by atoms with E-state index in [-0.39, 0.29) is 41.4 Å². The highest BCUT2D eigenvalue weighted by Gasteiger charge is 2.29. The van der Waals surface area contributed by atoms with Crippen LogP contribution < -0.4 is 17.0 Å². The standard InChI is InChI=1S/C13H19BrN4O3.ClH/c1-8(15)10-4-2-3-5-18(10)11(19)7-17-6-9(14)12(20)16-13(17)21;/h6,8,10H,2-5,7,15H2,1H3,(H,16,20,21);1H. The quantitative estimate of drug-likeness (QED) is 0.776. The Morgan fingerprint density at radius 3 is 2.82 bits per heavy atom. The molecule has 3 N–H and O–H groups in total. The molecule has 124 valence electrons. The highest BCUT2D eigenvalue weighted by atomic mass is 79.9. The number of carbonyl (C=O) groups excluding carboxylic acids is 1. The van der Waals surface area contributed by atoms with E-state index >= 15 is 0 Å². The number of hydrogen-bond donors (Lipinski definition) is 2. The minimum absolute atomic E-state index is 0. The zero-order valence-electron chi connectivity index (χ0n) is 12.3. The average molecular weight is 396 g/mol. The lowest BCUT2D eigenvalue weighted by Crippen LogP contribution is -2.53. The second kappa shape index (κ2) is 7.94. The number of halogens is 2. The first-order valence-electron chi connectivity index (χ1n) is 6.94. The molecule has 7 nitrogen and oxygen atoms in total. The lowest BCUT2D eigenvalue weighted by atomic mass is 9.97. The van der Waals surface area contributed by atoms with Crippen LogP contribution in [0.15, 0.2) is 20.3 Å². The monoisotopic (exact) mass is 394 g/mol. The molecule has 1 amide bonds. The molecule has 0 bridgehead atoms. The van der Waals surface area contributed by atoms with Crippen LogP contribution in [0.4, 0.5) is 0 Å². The highest BCUT2D eigenvalue weighted by molar-refractivity contribution is 9.10. The third-order valence-corrected chi connectivity index (χ3v) is 4.31. The number of carbonyl (C=O) groups is 1. The summed E-state index contributed by atoms with van der Waals surface area (Å²) in [6.45, 7) is 2.45. The molecule has 1 aliphatic heterocycles. The van der Waals surface area contributed by atoms with Crippen molar-refractivity contribution in [2.24, 2.45) is 5.73 Å². The van der Waals surface area contributed by atoms with Crippen molar-refractivity contribution < 1.29 is 4.79 Å². The van der Waals surface area contributed by atoms with Crippen molar-refractivity contribution in [2.45, 2.75) is 44.8 Å². The number of aromatic amines is 1. The fraction of sp³-hybridized carbons (Fsp3) is 0.615. The van der Waals surface area contributed by atoms with Crippen molar-refractivity contribution in [2.75, 3.05) is 6.54 Å². The molecule has 0 spiro atoms. The SMILES string of the molecule is CC(N)C1CCCCN1C(=O)Cn1cc(Br)c(=O)[nH]c1=O.Cl. The van der Waals surface area contributed by atoms with E-state index < -0.39 is 11.2 Å². The second-order valence-electron chi connectivity index (χ2n) is 5.37. The van der Waals surface area contributed by atoms with Crippen LogP contribution in [0, 0.1) is 0 Å². The van der Waals surface area contributed by atoms with Gasteiger partial charge in [0.05, 0.1) is 4.47 Å². The maximum absolute atomic E-state index is 12.4. The first kappa shape index (κ1) is 18.9. The largest absolute Gasteiger partial charge is 0.337 e. The maximum atomic E-state index is 12.4. The van der Waals surface area contributed by atoms with Crippen LogP contribution >= 0.6 is 28.3 Å². The molecular weight excluding hydrogens is 376 g/mol. The van der Waals surface area contributed by atoms with Gasteiger partial charge in [0.25, 0.3) is 5.56 Å². The summed E-state index contributed by atoms with van der Waals surface area (Å²) in [6.07, 6.45) is 4.22. The van der Waals surface area contributed by atoms with Crippen LogP contribution in [0.5, 0.6) is 0 Å². The fourth-order valence-electron chi connectivity index (χ4n) is 2.65. The van der Waals surface area contributed by atoms with E-state index in [1.165, 1.54) is 10.8 Å². The minimum Gasteiger partial charge on any atom is -0.337 e. The molecule has 1 aromatic rings. The van der Waals surface area contributed by atoms with Crippen molar-refractivity contribution in [3.05, 3.63) is 31.5 Å². The molecule has 2 rings (SSSR count). The lowest BCUT2D eigenvalue weighted by Gasteiger charge is -2.38. The Morgan fingerprint density at radius 1 is 1.50 bits per heavy atom. The highest BCUT2D eigenvalue weighted by Crippen LogP contribution is 2.19. The van der Waals surface area contributed by atoms with Gasteiger partial charge in [0.15, 0.2) is 0 Å². The first-order valence-corrected chi connectivity index (χ1v) is 7.73. The predicted octanol–water partition coefficient (Wildman–Crippen LogP) is 0.449. The van der Waals surface area contributed by atoms with Crippen LogP contribution in [0.3, 0.4) is 0 Å². The molecule has 1 fully saturated rings. The van der Waals surface area contributed by atoms with Crippen LogP contribution in [0.25, 0.3) is 0 Å². The topological polar surface area (TPSA) is 101 Å². The van der Waals surface area contributed by atoms with Crippen LogP contribution in [0.1, 0.15) is 26.2 Å². The summed E-state index contributed by atoms with van der Waals surface area (Å²) in [5.74, 6) is -0.155. The number of nitrogens with two attached hydrogens (primary N) is 1. The molecule has 2 unspecified atom stereocenters. The maximum Gasteiger partial charge on any atom is 0.328 e. The van der Waals surface area contributed by atoms with Crippen molar-refractivity contribution >= 4 is 34.2 Å². The zero-order chi connectivity index (χ0) is 15.6. The smallest absolute Gasteiger partial charge is 0.328 e. The Labute approximate surface area is 142 Å². The van der Waals surface area contributed by atoms with Crippen LogP contribution in [-0.2, 0) is 11.3 Å². The van der Waals surface area contributed by atoms with E-state index in [4.69, 9.17) is 5.73 Å². The van der Waals surface area contributed by atoms with Crippen molar-refractivity contribution in [3.8, 4) is 0 Å². The molecule has 0 aliphatic carbocycles. The van der Waals surface area contributed by atoms with Gasteiger partial charge in [-0.05, 0) is 42.1 Å². The second-order valence-corrected chi connectivity index (χ2v) is 6.23. The van der Waals surface area contributed by atoms with Gasteiger partial charge in [0.2, 0.25) is 5.91 Å².